The van der Waals surface area contributed by atoms with Crippen molar-refractivity contribution in [1.82, 2.24) is 4.90 Å². The van der Waals surface area contributed by atoms with Crippen molar-refractivity contribution in [3.05, 3.63) is 0 Å². The van der Waals surface area contributed by atoms with Gasteiger partial charge in [0.15, 0.2) is 0 Å². The number of likely N-dealkylation sites (tertiary alicyclic amines) is 1. The minimum Gasteiger partial charge on any atom is -0.386 e. The fourth-order valence-corrected chi connectivity index (χ4v) is 2.31. The van der Waals surface area contributed by atoms with Crippen LogP contribution in [0.4, 0.5) is 0 Å². The Morgan fingerprint density at radius 1 is 1.29 bits per heavy atom. The molecule has 4 nitrogen and oxygen atoms in total. The van der Waals surface area contributed by atoms with E-state index in [-0.39, 0.29) is 5.91 Å². The van der Waals surface area contributed by atoms with E-state index in [2.05, 4.69) is 0 Å². The first-order valence-corrected chi connectivity index (χ1v) is 6.38. The van der Waals surface area contributed by atoms with Crippen molar-refractivity contribution < 1.29 is 9.90 Å². The number of hydrogen-bond donors (Lipinski definition) is 2. The van der Waals surface area contributed by atoms with Crippen molar-refractivity contribution in [3.63, 3.8) is 0 Å². The van der Waals surface area contributed by atoms with Gasteiger partial charge in [0, 0.05) is 5.54 Å². The molecule has 3 N–H and O–H groups in total. The summed E-state index contributed by atoms with van der Waals surface area (Å²) in [4.78, 5) is 14.1. The topological polar surface area (TPSA) is 66.6 Å². The molecule has 17 heavy (non-hydrogen) atoms. The van der Waals surface area contributed by atoms with Crippen LogP contribution in [-0.4, -0.2) is 40.1 Å². The van der Waals surface area contributed by atoms with Crippen LogP contribution < -0.4 is 5.73 Å². The van der Waals surface area contributed by atoms with Crippen LogP contribution in [0.5, 0.6) is 0 Å². The molecule has 0 aromatic rings. The standard InChI is InChI=1S/C13H24N2O2/c1-11(2,12(3,4)14)10(16)15-7-13(17,8-15)9-5-6-9/h9,17H,5-8,14H2,1-4H3. The van der Waals surface area contributed by atoms with Gasteiger partial charge in [-0.05, 0) is 46.5 Å². The molecule has 0 atom stereocenters. The van der Waals surface area contributed by atoms with Gasteiger partial charge >= 0.3 is 0 Å². The smallest absolute Gasteiger partial charge is 0.230 e. The molecule has 0 radical (unpaired) electrons. The van der Waals surface area contributed by atoms with Gasteiger partial charge in [0.2, 0.25) is 5.91 Å². The maximum atomic E-state index is 12.4. The predicted molar refractivity (Wildman–Crippen MR) is 66.3 cm³/mol. The first kappa shape index (κ1) is 12.8. The van der Waals surface area contributed by atoms with E-state index in [0.29, 0.717) is 19.0 Å². The normalized spacial score (nSPS) is 24.5. The summed E-state index contributed by atoms with van der Waals surface area (Å²) < 4.78 is 0. The van der Waals surface area contributed by atoms with Gasteiger partial charge in [-0.3, -0.25) is 4.79 Å². The molecule has 1 heterocycles. The number of amides is 1. The Kier molecular flexibility index (Phi) is 2.61. The number of nitrogens with zero attached hydrogens (tertiary/aromatic N) is 1. The molecule has 2 aliphatic rings. The molecule has 1 saturated carbocycles. The monoisotopic (exact) mass is 240 g/mol. The minimum absolute atomic E-state index is 0.0512. The molecule has 0 bridgehead atoms. The van der Waals surface area contributed by atoms with Crippen LogP contribution in [0.15, 0.2) is 0 Å². The first-order valence-electron chi connectivity index (χ1n) is 6.38. The lowest BCUT2D eigenvalue weighted by molar-refractivity contribution is -0.170. The van der Waals surface area contributed by atoms with E-state index in [1.165, 1.54) is 0 Å². The summed E-state index contributed by atoms with van der Waals surface area (Å²) in [7, 11) is 0. The molecule has 1 aliphatic heterocycles. The Labute approximate surface area is 103 Å². The van der Waals surface area contributed by atoms with Crippen molar-refractivity contribution in [2.75, 3.05) is 13.1 Å². The number of carbonyl (C=O) groups excluding carboxylic acids is 1. The molecule has 0 aromatic carbocycles. The SMILES string of the molecule is CC(C)(N)C(C)(C)C(=O)N1CC(O)(C2CC2)C1. The van der Waals surface area contributed by atoms with Gasteiger partial charge in [-0.25, -0.2) is 0 Å². The van der Waals surface area contributed by atoms with E-state index in [1.807, 2.05) is 27.7 Å². The predicted octanol–water partition coefficient (Wildman–Crippen LogP) is 0.733. The zero-order valence-corrected chi connectivity index (χ0v) is 11.3. The quantitative estimate of drug-likeness (QED) is 0.764. The maximum Gasteiger partial charge on any atom is 0.230 e. The molecule has 98 valence electrons. The van der Waals surface area contributed by atoms with Crippen LogP contribution in [0.25, 0.3) is 0 Å². The molecule has 1 aliphatic carbocycles. The minimum atomic E-state index is -0.607. The first-order chi connectivity index (χ1) is 7.58. The van der Waals surface area contributed by atoms with Crippen molar-refractivity contribution in [2.24, 2.45) is 17.1 Å². The number of carbonyl (C=O) groups is 1. The highest BCUT2D eigenvalue weighted by Gasteiger charge is 2.56. The fourth-order valence-electron chi connectivity index (χ4n) is 2.31. The molecule has 1 amide bonds. The summed E-state index contributed by atoms with van der Waals surface area (Å²) in [6.07, 6.45) is 2.20. The van der Waals surface area contributed by atoms with Crippen molar-refractivity contribution in [2.45, 2.75) is 51.7 Å². The van der Waals surface area contributed by atoms with E-state index < -0.39 is 16.6 Å². The summed E-state index contributed by atoms with van der Waals surface area (Å²) in [5.41, 5.74) is 4.30. The van der Waals surface area contributed by atoms with Gasteiger partial charge in [-0.2, -0.15) is 0 Å². The van der Waals surface area contributed by atoms with Crippen LogP contribution >= 0.6 is 0 Å². The Balaban J connectivity index is 1.99. The highest BCUT2D eigenvalue weighted by atomic mass is 16.3. The van der Waals surface area contributed by atoms with E-state index in [0.717, 1.165) is 12.8 Å². The van der Waals surface area contributed by atoms with Gasteiger partial charge in [-0.15, -0.1) is 0 Å². The van der Waals surface area contributed by atoms with E-state index >= 15 is 0 Å². The molecule has 4 heteroatoms. The number of hydrogen-bond acceptors (Lipinski definition) is 3. The molecule has 1 saturated heterocycles. The van der Waals surface area contributed by atoms with Gasteiger partial charge in [0.1, 0.15) is 5.60 Å². The summed E-state index contributed by atoms with van der Waals surface area (Å²) in [6.45, 7) is 8.47. The largest absolute Gasteiger partial charge is 0.386 e. The molecular weight excluding hydrogens is 216 g/mol. The lowest BCUT2D eigenvalue weighted by Gasteiger charge is -2.51. The van der Waals surface area contributed by atoms with Gasteiger partial charge in [0.25, 0.3) is 0 Å². The number of rotatable bonds is 3. The second-order valence-corrected chi connectivity index (χ2v) is 6.89. The fraction of sp³-hybridized carbons (Fsp3) is 0.923. The Hall–Kier alpha value is -0.610. The maximum absolute atomic E-state index is 12.4. The number of aliphatic hydroxyl groups is 1. The lowest BCUT2D eigenvalue weighted by Crippen LogP contribution is -2.69. The van der Waals surface area contributed by atoms with Gasteiger partial charge < -0.3 is 15.7 Å². The molecule has 0 unspecified atom stereocenters. The zero-order valence-electron chi connectivity index (χ0n) is 11.3. The Bertz CT molecular complexity index is 334. The second-order valence-electron chi connectivity index (χ2n) is 6.89. The van der Waals surface area contributed by atoms with Crippen LogP contribution in [0.1, 0.15) is 40.5 Å². The van der Waals surface area contributed by atoms with Crippen molar-refractivity contribution in [3.8, 4) is 0 Å². The van der Waals surface area contributed by atoms with Crippen molar-refractivity contribution >= 4 is 5.91 Å². The second kappa shape index (κ2) is 3.45. The summed E-state index contributed by atoms with van der Waals surface area (Å²) in [5.74, 6) is 0.468. The lowest BCUT2D eigenvalue weighted by atomic mass is 9.72. The van der Waals surface area contributed by atoms with Gasteiger partial charge in [0.05, 0.1) is 18.5 Å². The third kappa shape index (κ3) is 1.97. The summed E-state index contributed by atoms with van der Waals surface area (Å²) in [5, 5.41) is 10.2. The van der Waals surface area contributed by atoms with Gasteiger partial charge in [-0.1, -0.05) is 0 Å². The van der Waals surface area contributed by atoms with Crippen molar-refractivity contribution in [1.29, 1.82) is 0 Å². The highest BCUT2D eigenvalue weighted by molar-refractivity contribution is 5.84. The number of β-amino-alcohol motifs (C(OH)–C–C–N with tert-alkyl or cyclic N) is 1. The molecule has 2 fully saturated rings. The molecule has 0 aromatic heterocycles. The van der Waals surface area contributed by atoms with Crippen LogP contribution in [0, 0.1) is 11.3 Å². The molecule has 2 rings (SSSR count). The van der Waals surface area contributed by atoms with Crippen LogP contribution in [-0.2, 0) is 4.79 Å². The van der Waals surface area contributed by atoms with E-state index in [9.17, 15) is 9.90 Å². The van der Waals surface area contributed by atoms with Crippen LogP contribution in [0.3, 0.4) is 0 Å². The Morgan fingerprint density at radius 3 is 2.12 bits per heavy atom. The molecular formula is C13H24N2O2. The highest BCUT2D eigenvalue weighted by Crippen LogP contribution is 2.45. The summed E-state index contributed by atoms with van der Waals surface area (Å²) in [6, 6.07) is 0. The zero-order chi connectivity index (χ0) is 13.1. The third-order valence-corrected chi connectivity index (χ3v) is 4.70. The van der Waals surface area contributed by atoms with E-state index in [1.54, 1.807) is 4.90 Å². The average molecular weight is 240 g/mol. The van der Waals surface area contributed by atoms with Crippen LogP contribution in [0.2, 0.25) is 0 Å². The molecule has 0 spiro atoms. The average Bonchev–Trinajstić information content (AvgIpc) is 2.92. The Morgan fingerprint density at radius 2 is 1.76 bits per heavy atom. The summed E-state index contributed by atoms with van der Waals surface area (Å²) >= 11 is 0. The van der Waals surface area contributed by atoms with E-state index in [4.69, 9.17) is 5.73 Å². The third-order valence-electron chi connectivity index (χ3n) is 4.70. The number of nitrogens with two attached hydrogens (primary N) is 1.